The number of carbonyl (C=O) groups is 3. The molecule has 0 heterocycles. The third-order valence-corrected chi connectivity index (χ3v) is 2.51. The number of hydrogen-bond donors (Lipinski definition) is 4. The molecule has 7 heteroatoms. The van der Waals surface area contributed by atoms with E-state index in [-0.39, 0.29) is 5.92 Å². The summed E-state index contributed by atoms with van der Waals surface area (Å²) in [7, 11) is 0. The van der Waals surface area contributed by atoms with E-state index in [9.17, 15) is 14.4 Å². The summed E-state index contributed by atoms with van der Waals surface area (Å²) in [5.74, 6) is -3.38. The highest BCUT2D eigenvalue weighted by atomic mass is 16.4. The number of amides is 1. The highest BCUT2D eigenvalue weighted by Gasteiger charge is 2.28. The van der Waals surface area contributed by atoms with Crippen LogP contribution >= 0.6 is 0 Å². The highest BCUT2D eigenvalue weighted by molar-refractivity contribution is 5.89. The van der Waals surface area contributed by atoms with E-state index in [4.69, 9.17) is 15.9 Å². The van der Waals surface area contributed by atoms with Crippen LogP contribution in [0.3, 0.4) is 0 Å². The van der Waals surface area contributed by atoms with Crippen LogP contribution in [0.5, 0.6) is 0 Å². The van der Waals surface area contributed by atoms with Crippen LogP contribution < -0.4 is 11.1 Å². The van der Waals surface area contributed by atoms with Gasteiger partial charge in [-0.3, -0.25) is 9.59 Å². The molecule has 0 aliphatic heterocycles. The van der Waals surface area contributed by atoms with Gasteiger partial charge in [0.1, 0.15) is 6.04 Å². The van der Waals surface area contributed by atoms with E-state index in [2.05, 4.69) is 5.32 Å². The first-order valence-electron chi connectivity index (χ1n) is 5.30. The lowest BCUT2D eigenvalue weighted by Crippen LogP contribution is -2.51. The number of carboxylic acids is 2. The molecule has 1 amide bonds. The number of carboxylic acid groups (broad SMARTS) is 2. The Bertz CT molecular complexity index is 305. The molecule has 0 fully saturated rings. The van der Waals surface area contributed by atoms with Crippen molar-refractivity contribution in [2.75, 3.05) is 0 Å². The smallest absolute Gasteiger partial charge is 0.326 e. The van der Waals surface area contributed by atoms with Gasteiger partial charge in [0.25, 0.3) is 0 Å². The summed E-state index contributed by atoms with van der Waals surface area (Å²) in [4.78, 5) is 32.7. The van der Waals surface area contributed by atoms with Gasteiger partial charge < -0.3 is 21.3 Å². The molecule has 0 unspecified atom stereocenters. The molecule has 0 radical (unpaired) electrons. The molecule has 17 heavy (non-hydrogen) atoms. The number of nitrogens with one attached hydrogen (secondary N) is 1. The maximum Gasteiger partial charge on any atom is 0.326 e. The van der Waals surface area contributed by atoms with Crippen LogP contribution in [0.15, 0.2) is 0 Å². The molecule has 98 valence electrons. The van der Waals surface area contributed by atoms with Crippen LogP contribution in [0.4, 0.5) is 0 Å². The summed E-state index contributed by atoms with van der Waals surface area (Å²) in [5, 5.41) is 19.6. The first-order chi connectivity index (χ1) is 7.79. The summed E-state index contributed by atoms with van der Waals surface area (Å²) in [6, 6.07) is -2.29. The zero-order valence-corrected chi connectivity index (χ0v) is 9.84. The van der Waals surface area contributed by atoms with E-state index >= 15 is 0 Å². The Kier molecular flexibility index (Phi) is 6.19. The van der Waals surface area contributed by atoms with E-state index in [0.717, 1.165) is 0 Å². The second-order valence-corrected chi connectivity index (χ2v) is 3.91. The number of nitrogens with two attached hydrogens (primary N) is 1. The van der Waals surface area contributed by atoms with Crippen molar-refractivity contribution >= 4 is 17.8 Å². The van der Waals surface area contributed by atoms with E-state index < -0.39 is 36.4 Å². The quantitative estimate of drug-likeness (QED) is 0.474. The summed E-state index contributed by atoms with van der Waals surface area (Å²) in [6.45, 7) is 3.48. The summed E-state index contributed by atoms with van der Waals surface area (Å²) in [6.07, 6.45) is 0.0457. The topological polar surface area (TPSA) is 130 Å². The molecule has 0 saturated heterocycles. The lowest BCUT2D eigenvalue weighted by atomic mass is 9.99. The third-order valence-electron chi connectivity index (χ3n) is 2.51. The molecule has 5 N–H and O–H groups in total. The molecule has 0 aromatic rings. The predicted octanol–water partition coefficient (Wildman–Crippen LogP) is -0.596. The van der Waals surface area contributed by atoms with Crippen molar-refractivity contribution in [2.45, 2.75) is 38.8 Å². The molecule has 0 aliphatic carbocycles. The van der Waals surface area contributed by atoms with Crippen molar-refractivity contribution in [3.05, 3.63) is 0 Å². The van der Waals surface area contributed by atoms with Crippen molar-refractivity contribution in [1.82, 2.24) is 5.32 Å². The van der Waals surface area contributed by atoms with E-state index in [1.165, 1.54) is 0 Å². The highest BCUT2D eigenvalue weighted by Crippen LogP contribution is 2.08. The third kappa shape index (κ3) is 5.30. The molecule has 0 aromatic carbocycles. The Balaban J connectivity index is 4.50. The Labute approximate surface area is 99.0 Å². The van der Waals surface area contributed by atoms with Gasteiger partial charge in [-0.2, -0.15) is 0 Å². The van der Waals surface area contributed by atoms with E-state index in [1.807, 2.05) is 0 Å². The molecule has 0 bridgehead atoms. The molecule has 0 aliphatic rings. The van der Waals surface area contributed by atoms with Gasteiger partial charge in [0.15, 0.2) is 0 Å². The lowest BCUT2D eigenvalue weighted by Gasteiger charge is -2.21. The Morgan fingerprint density at radius 1 is 1.29 bits per heavy atom. The standard InChI is InChI=1S/C10H18N2O5/c1-3-5(2)8(10(16)17)12-9(15)6(11)4-7(13)14/h5-6,8H,3-4,11H2,1-2H3,(H,12,15)(H,13,14)(H,16,17)/t5-,6+,8+/m1/s1. The fraction of sp³-hybridized carbons (Fsp3) is 0.700. The van der Waals surface area contributed by atoms with Crippen molar-refractivity contribution in [2.24, 2.45) is 11.7 Å². The molecular formula is C10H18N2O5. The minimum atomic E-state index is -1.24. The maximum atomic E-state index is 11.5. The van der Waals surface area contributed by atoms with Gasteiger partial charge in [-0.05, 0) is 5.92 Å². The summed E-state index contributed by atoms with van der Waals surface area (Å²) >= 11 is 0. The minimum absolute atomic E-state index is 0.256. The van der Waals surface area contributed by atoms with Crippen LogP contribution in [-0.2, 0) is 14.4 Å². The van der Waals surface area contributed by atoms with Gasteiger partial charge in [0.2, 0.25) is 5.91 Å². The van der Waals surface area contributed by atoms with Gasteiger partial charge in [-0.15, -0.1) is 0 Å². The second-order valence-electron chi connectivity index (χ2n) is 3.91. The van der Waals surface area contributed by atoms with Crippen molar-refractivity contribution < 1.29 is 24.6 Å². The van der Waals surface area contributed by atoms with E-state index in [1.54, 1.807) is 13.8 Å². The molecule has 0 saturated carbocycles. The molecule has 0 rings (SSSR count). The molecule has 0 aromatic heterocycles. The zero-order valence-electron chi connectivity index (χ0n) is 9.84. The Morgan fingerprint density at radius 3 is 2.18 bits per heavy atom. The van der Waals surface area contributed by atoms with Crippen LogP contribution in [-0.4, -0.2) is 40.1 Å². The summed E-state index contributed by atoms with van der Waals surface area (Å²) < 4.78 is 0. The van der Waals surface area contributed by atoms with Gasteiger partial charge in [-0.1, -0.05) is 20.3 Å². The largest absolute Gasteiger partial charge is 0.481 e. The number of hydrogen-bond acceptors (Lipinski definition) is 4. The first-order valence-corrected chi connectivity index (χ1v) is 5.30. The van der Waals surface area contributed by atoms with Crippen molar-refractivity contribution in [1.29, 1.82) is 0 Å². The van der Waals surface area contributed by atoms with Gasteiger partial charge >= 0.3 is 11.9 Å². The monoisotopic (exact) mass is 246 g/mol. The first kappa shape index (κ1) is 15.4. The average molecular weight is 246 g/mol. The van der Waals surface area contributed by atoms with Crippen molar-refractivity contribution in [3.8, 4) is 0 Å². The van der Waals surface area contributed by atoms with Crippen LogP contribution in [0, 0.1) is 5.92 Å². The van der Waals surface area contributed by atoms with Crippen molar-refractivity contribution in [3.63, 3.8) is 0 Å². The number of aliphatic carboxylic acids is 2. The van der Waals surface area contributed by atoms with Gasteiger partial charge in [0.05, 0.1) is 12.5 Å². The fourth-order valence-corrected chi connectivity index (χ4v) is 1.22. The predicted molar refractivity (Wildman–Crippen MR) is 59.2 cm³/mol. The zero-order chi connectivity index (χ0) is 13.6. The molecular weight excluding hydrogens is 228 g/mol. The number of carbonyl (C=O) groups excluding carboxylic acids is 1. The average Bonchev–Trinajstić information content (AvgIpc) is 2.22. The minimum Gasteiger partial charge on any atom is -0.481 e. The maximum absolute atomic E-state index is 11.5. The lowest BCUT2D eigenvalue weighted by molar-refractivity contribution is -0.144. The molecule has 0 spiro atoms. The molecule has 7 nitrogen and oxygen atoms in total. The normalized spacial score (nSPS) is 15.7. The van der Waals surface area contributed by atoms with Crippen LogP contribution in [0.25, 0.3) is 0 Å². The number of rotatable bonds is 7. The van der Waals surface area contributed by atoms with Crippen LogP contribution in [0.1, 0.15) is 26.7 Å². The second kappa shape index (κ2) is 6.85. The van der Waals surface area contributed by atoms with Crippen LogP contribution in [0.2, 0.25) is 0 Å². The Hall–Kier alpha value is -1.63. The SMILES string of the molecule is CC[C@@H](C)[C@H](NC(=O)[C@@H](N)CC(=O)O)C(=O)O. The molecule has 3 atom stereocenters. The Morgan fingerprint density at radius 2 is 1.82 bits per heavy atom. The van der Waals surface area contributed by atoms with E-state index in [0.29, 0.717) is 6.42 Å². The fourth-order valence-electron chi connectivity index (χ4n) is 1.22. The summed E-state index contributed by atoms with van der Waals surface area (Å²) in [5.41, 5.74) is 5.32. The van der Waals surface area contributed by atoms with Gasteiger partial charge in [-0.25, -0.2) is 4.79 Å². The van der Waals surface area contributed by atoms with Gasteiger partial charge in [0, 0.05) is 0 Å².